The van der Waals surface area contributed by atoms with Crippen LogP contribution in [0.25, 0.3) is 0 Å². The van der Waals surface area contributed by atoms with Crippen molar-refractivity contribution in [1.82, 2.24) is 10.2 Å². The van der Waals surface area contributed by atoms with Crippen LogP contribution in [-0.2, 0) is 9.59 Å². The molecule has 140 valence electrons. The third-order valence-corrected chi connectivity index (χ3v) is 8.06. The Balaban J connectivity index is 1.26. The highest BCUT2D eigenvalue weighted by molar-refractivity contribution is 9.10. The van der Waals surface area contributed by atoms with Gasteiger partial charge in [0.15, 0.2) is 0 Å². The first-order chi connectivity index (χ1) is 11.8. The van der Waals surface area contributed by atoms with Gasteiger partial charge in [0.05, 0.1) is 6.54 Å². The predicted octanol–water partition coefficient (Wildman–Crippen LogP) is 2.03. The molecule has 3 N–H and O–H groups in total. The zero-order valence-corrected chi connectivity index (χ0v) is 16.5. The molecule has 4 aliphatic carbocycles. The normalized spacial score (nSPS) is 41.0. The molecule has 0 aromatic heterocycles. The van der Waals surface area contributed by atoms with E-state index in [9.17, 15) is 9.59 Å². The minimum Gasteiger partial charge on any atom is -0.369 e. The van der Waals surface area contributed by atoms with Crippen LogP contribution in [0.3, 0.4) is 0 Å². The van der Waals surface area contributed by atoms with Crippen LogP contribution < -0.4 is 11.1 Å². The molecule has 2 amide bonds. The van der Waals surface area contributed by atoms with Crippen LogP contribution in [0.1, 0.15) is 51.4 Å². The van der Waals surface area contributed by atoms with Gasteiger partial charge in [0, 0.05) is 16.8 Å². The molecular weight excluding hydrogens is 382 g/mol. The van der Waals surface area contributed by atoms with Crippen molar-refractivity contribution < 1.29 is 9.59 Å². The van der Waals surface area contributed by atoms with Crippen molar-refractivity contribution in [3.63, 3.8) is 0 Å². The van der Waals surface area contributed by atoms with Gasteiger partial charge in [0.1, 0.15) is 0 Å². The van der Waals surface area contributed by atoms with Crippen LogP contribution in [0.5, 0.6) is 0 Å². The van der Waals surface area contributed by atoms with Gasteiger partial charge < -0.3 is 11.1 Å². The summed E-state index contributed by atoms with van der Waals surface area (Å²) >= 11 is 4.04. The molecule has 0 aromatic rings. The summed E-state index contributed by atoms with van der Waals surface area (Å²) in [4.78, 5) is 25.8. The number of nitrogens with one attached hydrogen (secondary N) is 1. The summed E-state index contributed by atoms with van der Waals surface area (Å²) in [6.45, 7) is 2.87. The van der Waals surface area contributed by atoms with Crippen molar-refractivity contribution in [3.8, 4) is 0 Å². The lowest BCUT2D eigenvalue weighted by molar-refractivity contribution is -0.125. The average molecular weight is 412 g/mol. The van der Waals surface area contributed by atoms with Crippen molar-refractivity contribution in [2.75, 3.05) is 26.2 Å². The summed E-state index contributed by atoms with van der Waals surface area (Å²) in [7, 11) is 0. The standard InChI is InChI=1S/C19H30BrN3O2/c20-19-8-13-5-14(9-19)7-18(6-13,11-19)12-22-16(24)10-23-3-1-15(2-4-23)17(21)25/h13-15H,1-12H2,(H2,21,25)(H,22,24). The minimum atomic E-state index is -0.199. The molecule has 4 saturated carbocycles. The van der Waals surface area contributed by atoms with E-state index in [2.05, 4.69) is 26.1 Å². The third-order valence-electron chi connectivity index (χ3n) is 7.13. The molecule has 5 fully saturated rings. The molecule has 1 saturated heterocycles. The van der Waals surface area contributed by atoms with Crippen molar-refractivity contribution >= 4 is 27.7 Å². The first-order valence-electron chi connectivity index (χ1n) is 9.82. The maximum Gasteiger partial charge on any atom is 0.234 e. The summed E-state index contributed by atoms with van der Waals surface area (Å²) < 4.78 is 0.346. The number of hydrogen-bond donors (Lipinski definition) is 2. The van der Waals surface area contributed by atoms with E-state index in [0.717, 1.165) is 44.3 Å². The second-order valence-corrected chi connectivity index (χ2v) is 11.0. The van der Waals surface area contributed by atoms with E-state index >= 15 is 0 Å². The summed E-state index contributed by atoms with van der Waals surface area (Å²) in [5.41, 5.74) is 5.70. The fourth-order valence-electron chi connectivity index (χ4n) is 6.46. The fraction of sp³-hybridized carbons (Fsp3) is 0.895. The summed E-state index contributed by atoms with van der Waals surface area (Å²) in [5, 5.41) is 3.25. The first kappa shape index (κ1) is 17.8. The minimum absolute atomic E-state index is 0.0125. The van der Waals surface area contributed by atoms with E-state index in [1.165, 1.54) is 38.5 Å². The van der Waals surface area contributed by atoms with Gasteiger partial charge >= 0.3 is 0 Å². The number of amides is 2. The maximum absolute atomic E-state index is 12.4. The number of carbonyl (C=O) groups is 2. The first-order valence-corrected chi connectivity index (χ1v) is 10.6. The lowest BCUT2D eigenvalue weighted by Gasteiger charge is -2.60. The Morgan fingerprint density at radius 1 is 1.12 bits per heavy atom. The molecule has 5 rings (SSSR count). The van der Waals surface area contributed by atoms with E-state index < -0.39 is 0 Å². The predicted molar refractivity (Wildman–Crippen MR) is 100 cm³/mol. The second kappa shape index (κ2) is 6.52. The number of primary amides is 1. The van der Waals surface area contributed by atoms with Gasteiger partial charge in [0.25, 0.3) is 0 Å². The molecule has 1 heterocycles. The maximum atomic E-state index is 12.4. The summed E-state index contributed by atoms with van der Waals surface area (Å²) in [6, 6.07) is 0. The SMILES string of the molecule is NC(=O)C1CCN(CC(=O)NCC23CC4CC(CC(Br)(C4)C2)C3)CC1. The van der Waals surface area contributed by atoms with Gasteiger partial charge in [-0.3, -0.25) is 14.5 Å². The lowest BCUT2D eigenvalue weighted by atomic mass is 9.49. The molecule has 2 atom stereocenters. The Bertz CT molecular complexity index is 545. The second-order valence-electron chi connectivity index (χ2n) is 9.34. The Kier molecular flexibility index (Phi) is 4.64. The molecule has 0 aromatic carbocycles. The fourth-order valence-corrected chi connectivity index (χ4v) is 7.97. The number of nitrogens with zero attached hydrogens (tertiary/aromatic N) is 1. The molecule has 1 aliphatic heterocycles. The van der Waals surface area contributed by atoms with Gasteiger partial charge in [-0.2, -0.15) is 0 Å². The summed E-state index contributed by atoms with van der Waals surface area (Å²) in [6.07, 6.45) is 9.42. The quantitative estimate of drug-likeness (QED) is 0.679. The highest BCUT2D eigenvalue weighted by Crippen LogP contribution is 2.64. The average Bonchev–Trinajstić information content (AvgIpc) is 2.51. The van der Waals surface area contributed by atoms with Gasteiger partial charge in [-0.15, -0.1) is 0 Å². The number of halogens is 1. The Hall–Kier alpha value is -0.620. The third kappa shape index (κ3) is 3.75. The Morgan fingerprint density at radius 2 is 1.76 bits per heavy atom. The molecule has 4 bridgehead atoms. The van der Waals surface area contributed by atoms with E-state index in [-0.39, 0.29) is 17.7 Å². The molecular formula is C19H30BrN3O2. The number of rotatable bonds is 5. The van der Waals surface area contributed by atoms with E-state index in [4.69, 9.17) is 5.73 Å². The molecule has 0 spiro atoms. The molecule has 25 heavy (non-hydrogen) atoms. The number of likely N-dealkylation sites (tertiary alicyclic amines) is 1. The van der Waals surface area contributed by atoms with Gasteiger partial charge in [-0.25, -0.2) is 0 Å². The van der Waals surface area contributed by atoms with Gasteiger partial charge in [-0.05, 0) is 81.7 Å². The molecule has 2 unspecified atom stereocenters. The number of alkyl halides is 1. The summed E-state index contributed by atoms with van der Waals surface area (Å²) in [5.74, 6) is 1.63. The van der Waals surface area contributed by atoms with Crippen molar-refractivity contribution in [2.45, 2.75) is 55.7 Å². The van der Waals surface area contributed by atoms with E-state index in [1.807, 2.05) is 0 Å². The molecule has 0 radical (unpaired) electrons. The molecule has 6 heteroatoms. The zero-order valence-electron chi connectivity index (χ0n) is 14.9. The zero-order chi connectivity index (χ0) is 17.7. The van der Waals surface area contributed by atoms with Crippen LogP contribution in [0, 0.1) is 23.2 Å². The number of piperidine rings is 1. The van der Waals surface area contributed by atoms with Crippen LogP contribution in [-0.4, -0.2) is 47.2 Å². The topological polar surface area (TPSA) is 75.4 Å². The van der Waals surface area contributed by atoms with E-state index in [0.29, 0.717) is 16.3 Å². The number of carbonyl (C=O) groups excluding carboxylic acids is 2. The highest BCUT2D eigenvalue weighted by Gasteiger charge is 2.56. The van der Waals surface area contributed by atoms with E-state index in [1.54, 1.807) is 0 Å². The number of nitrogens with two attached hydrogens (primary N) is 1. The lowest BCUT2D eigenvalue weighted by Crippen LogP contribution is -2.56. The number of hydrogen-bond acceptors (Lipinski definition) is 3. The Morgan fingerprint density at radius 3 is 2.32 bits per heavy atom. The van der Waals surface area contributed by atoms with Gasteiger partial charge in [0.2, 0.25) is 11.8 Å². The molecule has 5 aliphatic rings. The molecule has 5 nitrogen and oxygen atoms in total. The highest BCUT2D eigenvalue weighted by atomic mass is 79.9. The van der Waals surface area contributed by atoms with Crippen LogP contribution >= 0.6 is 15.9 Å². The van der Waals surface area contributed by atoms with Gasteiger partial charge in [-0.1, -0.05) is 15.9 Å². The Labute approximate surface area is 158 Å². The monoisotopic (exact) mass is 411 g/mol. The van der Waals surface area contributed by atoms with Crippen LogP contribution in [0.15, 0.2) is 0 Å². The van der Waals surface area contributed by atoms with Crippen LogP contribution in [0.4, 0.5) is 0 Å². The smallest absolute Gasteiger partial charge is 0.234 e. The largest absolute Gasteiger partial charge is 0.369 e. The van der Waals surface area contributed by atoms with Crippen molar-refractivity contribution in [2.24, 2.45) is 28.9 Å². The van der Waals surface area contributed by atoms with Crippen molar-refractivity contribution in [3.05, 3.63) is 0 Å². The van der Waals surface area contributed by atoms with Crippen LogP contribution in [0.2, 0.25) is 0 Å². The van der Waals surface area contributed by atoms with Crippen molar-refractivity contribution in [1.29, 1.82) is 0 Å².